The number of halogens is 2. The molecule has 27 heavy (non-hydrogen) atoms. The second-order valence-corrected chi connectivity index (χ2v) is 9.69. The topological polar surface area (TPSA) is 43.6 Å². The lowest BCUT2D eigenvalue weighted by atomic mass is 10.2. The zero-order valence-corrected chi connectivity index (χ0v) is 18.2. The Hall–Kier alpha value is -1.25. The van der Waals surface area contributed by atoms with Crippen molar-refractivity contribution in [3.8, 4) is 0 Å². The number of thiazole rings is 1. The summed E-state index contributed by atoms with van der Waals surface area (Å²) in [7, 11) is 1.98. The first-order valence-electron chi connectivity index (χ1n) is 8.04. The summed E-state index contributed by atoms with van der Waals surface area (Å²) >= 11 is 17.4. The molecule has 0 saturated heterocycles. The number of rotatable bonds is 6. The van der Waals surface area contributed by atoms with E-state index in [1.807, 2.05) is 48.0 Å². The van der Waals surface area contributed by atoms with Crippen molar-refractivity contribution in [2.75, 3.05) is 0 Å². The smallest absolute Gasteiger partial charge is 0.191 e. The summed E-state index contributed by atoms with van der Waals surface area (Å²) in [6.07, 6.45) is 0. The van der Waals surface area contributed by atoms with Crippen molar-refractivity contribution in [1.82, 2.24) is 19.7 Å². The molecule has 0 N–H and O–H groups in total. The molecule has 0 saturated carbocycles. The van der Waals surface area contributed by atoms with E-state index in [0.717, 1.165) is 32.2 Å². The zero-order chi connectivity index (χ0) is 18.8. The molecule has 2 heterocycles. The normalized spacial score (nSPS) is 11.4. The minimum atomic E-state index is 0.648. The minimum Gasteiger partial charge on any atom is -0.308 e. The van der Waals surface area contributed by atoms with Crippen molar-refractivity contribution in [1.29, 1.82) is 0 Å². The van der Waals surface area contributed by atoms with Crippen LogP contribution in [-0.4, -0.2) is 19.7 Å². The van der Waals surface area contributed by atoms with Gasteiger partial charge in [0.1, 0.15) is 5.82 Å². The fraction of sp³-hybridized carbons (Fsp3) is 0.167. The molecule has 4 aromatic rings. The maximum absolute atomic E-state index is 6.24. The van der Waals surface area contributed by atoms with Gasteiger partial charge in [-0.3, -0.25) is 0 Å². The fourth-order valence-electron chi connectivity index (χ4n) is 2.44. The molecule has 0 atom stereocenters. The molecular formula is C18H14Cl2N4S3. The first kappa shape index (κ1) is 19.1. The lowest BCUT2D eigenvalue weighted by Gasteiger charge is -2.06. The second kappa shape index (κ2) is 8.41. The molecule has 0 aliphatic carbocycles. The van der Waals surface area contributed by atoms with E-state index in [1.54, 1.807) is 34.9 Å². The Labute approximate surface area is 179 Å². The number of hydrogen-bond acceptors (Lipinski definition) is 6. The molecule has 2 aromatic heterocycles. The van der Waals surface area contributed by atoms with Crippen molar-refractivity contribution in [3.63, 3.8) is 0 Å². The van der Waals surface area contributed by atoms with Gasteiger partial charge in [0, 0.05) is 22.8 Å². The molecule has 0 spiro atoms. The molecule has 0 unspecified atom stereocenters. The number of fused-ring (bicyclic) bond motifs is 1. The van der Waals surface area contributed by atoms with Gasteiger partial charge in [-0.25, -0.2) is 4.98 Å². The van der Waals surface area contributed by atoms with E-state index in [9.17, 15) is 0 Å². The van der Waals surface area contributed by atoms with E-state index in [2.05, 4.69) is 21.2 Å². The standard InChI is InChI=1S/C18H14Cl2N4S3/c1-24-16(10-26-18-21-14-7-2-3-8-15(14)27-18)22-23-17(24)25-9-11-12(19)5-4-6-13(11)20/h2-8H,9-10H2,1H3. The van der Waals surface area contributed by atoms with E-state index < -0.39 is 0 Å². The maximum Gasteiger partial charge on any atom is 0.191 e. The highest BCUT2D eigenvalue weighted by atomic mass is 35.5. The van der Waals surface area contributed by atoms with Crippen LogP contribution in [-0.2, 0) is 18.6 Å². The molecule has 138 valence electrons. The van der Waals surface area contributed by atoms with Crippen molar-refractivity contribution in [3.05, 3.63) is 63.9 Å². The Morgan fingerprint density at radius 2 is 1.74 bits per heavy atom. The SMILES string of the molecule is Cn1c(CSc2nc3ccccc3s2)nnc1SCc1c(Cl)cccc1Cl. The molecule has 2 aromatic carbocycles. The summed E-state index contributed by atoms with van der Waals surface area (Å²) in [6, 6.07) is 13.7. The van der Waals surface area contributed by atoms with Gasteiger partial charge >= 0.3 is 0 Å². The zero-order valence-electron chi connectivity index (χ0n) is 14.2. The van der Waals surface area contributed by atoms with Crippen LogP contribution in [0, 0.1) is 0 Å². The van der Waals surface area contributed by atoms with Crippen LogP contribution in [0.3, 0.4) is 0 Å². The summed E-state index contributed by atoms with van der Waals surface area (Å²) < 4.78 is 4.25. The number of para-hydroxylation sites is 1. The molecule has 0 fully saturated rings. The van der Waals surface area contributed by atoms with Crippen LogP contribution in [0.5, 0.6) is 0 Å². The van der Waals surface area contributed by atoms with Gasteiger partial charge in [-0.1, -0.05) is 64.9 Å². The van der Waals surface area contributed by atoms with E-state index in [4.69, 9.17) is 23.2 Å². The van der Waals surface area contributed by atoms with Gasteiger partial charge in [0.15, 0.2) is 9.50 Å². The number of benzene rings is 2. The van der Waals surface area contributed by atoms with Crippen molar-refractivity contribution in [2.24, 2.45) is 7.05 Å². The van der Waals surface area contributed by atoms with Crippen molar-refractivity contribution in [2.45, 2.75) is 21.0 Å². The molecule has 4 nitrogen and oxygen atoms in total. The molecule has 9 heteroatoms. The van der Waals surface area contributed by atoms with Crippen LogP contribution in [0.25, 0.3) is 10.2 Å². The van der Waals surface area contributed by atoms with E-state index >= 15 is 0 Å². The van der Waals surface area contributed by atoms with E-state index in [1.165, 1.54) is 4.70 Å². The summed E-state index contributed by atoms with van der Waals surface area (Å²) in [5.74, 6) is 2.28. The summed E-state index contributed by atoms with van der Waals surface area (Å²) in [5, 5.41) is 10.8. The van der Waals surface area contributed by atoms with Crippen LogP contribution in [0.2, 0.25) is 10.0 Å². The second-order valence-electron chi connectivity index (χ2n) is 5.68. The van der Waals surface area contributed by atoms with E-state index in [-0.39, 0.29) is 0 Å². The third-order valence-electron chi connectivity index (χ3n) is 3.93. The van der Waals surface area contributed by atoms with Crippen LogP contribution in [0.4, 0.5) is 0 Å². The van der Waals surface area contributed by atoms with Gasteiger partial charge < -0.3 is 4.57 Å². The van der Waals surface area contributed by atoms with Gasteiger partial charge in [-0.05, 0) is 29.8 Å². The number of nitrogens with zero attached hydrogens (tertiary/aromatic N) is 4. The molecule has 4 rings (SSSR count). The highest BCUT2D eigenvalue weighted by molar-refractivity contribution is 8.00. The third-order valence-corrected chi connectivity index (χ3v) is 7.86. The fourth-order valence-corrected chi connectivity index (χ4v) is 6.16. The van der Waals surface area contributed by atoms with Gasteiger partial charge in [0.25, 0.3) is 0 Å². The summed E-state index contributed by atoms with van der Waals surface area (Å²) in [4.78, 5) is 4.65. The Morgan fingerprint density at radius 1 is 0.963 bits per heavy atom. The highest BCUT2D eigenvalue weighted by Crippen LogP contribution is 2.33. The predicted octanol–water partition coefficient (Wildman–Crippen LogP) is 6.32. The Balaban J connectivity index is 1.42. The average Bonchev–Trinajstić information content (AvgIpc) is 3.23. The van der Waals surface area contributed by atoms with Gasteiger partial charge in [-0.2, -0.15) is 0 Å². The maximum atomic E-state index is 6.24. The van der Waals surface area contributed by atoms with Crippen LogP contribution in [0.1, 0.15) is 11.4 Å². The number of aromatic nitrogens is 4. The van der Waals surface area contributed by atoms with Gasteiger partial charge in [0.05, 0.1) is 16.0 Å². The monoisotopic (exact) mass is 452 g/mol. The van der Waals surface area contributed by atoms with Crippen LogP contribution < -0.4 is 0 Å². The van der Waals surface area contributed by atoms with Gasteiger partial charge in [-0.15, -0.1) is 21.5 Å². The minimum absolute atomic E-state index is 0.648. The summed E-state index contributed by atoms with van der Waals surface area (Å²) in [6.45, 7) is 0. The molecule has 0 amide bonds. The molecule has 0 aliphatic rings. The molecular weight excluding hydrogens is 439 g/mol. The quantitative estimate of drug-likeness (QED) is 0.320. The molecule has 0 bridgehead atoms. The molecule has 0 aliphatic heterocycles. The number of hydrogen-bond donors (Lipinski definition) is 0. The largest absolute Gasteiger partial charge is 0.308 e. The number of thioether (sulfide) groups is 2. The lowest BCUT2D eigenvalue weighted by molar-refractivity contribution is 0.761. The Kier molecular flexibility index (Phi) is 5.94. The lowest BCUT2D eigenvalue weighted by Crippen LogP contribution is -1.98. The Morgan fingerprint density at radius 3 is 2.52 bits per heavy atom. The molecule has 0 radical (unpaired) electrons. The van der Waals surface area contributed by atoms with Crippen LogP contribution >= 0.6 is 58.1 Å². The highest BCUT2D eigenvalue weighted by Gasteiger charge is 2.13. The van der Waals surface area contributed by atoms with Gasteiger partial charge in [0.2, 0.25) is 0 Å². The van der Waals surface area contributed by atoms with E-state index in [0.29, 0.717) is 15.8 Å². The first-order chi connectivity index (χ1) is 13.1. The summed E-state index contributed by atoms with van der Waals surface area (Å²) in [5.41, 5.74) is 1.95. The predicted molar refractivity (Wildman–Crippen MR) is 116 cm³/mol. The first-order valence-corrected chi connectivity index (χ1v) is 11.6. The average molecular weight is 453 g/mol. The van der Waals surface area contributed by atoms with Crippen molar-refractivity contribution < 1.29 is 0 Å². The van der Waals surface area contributed by atoms with Crippen LogP contribution in [0.15, 0.2) is 52.0 Å². The third kappa shape index (κ3) is 4.27. The van der Waals surface area contributed by atoms with Crippen molar-refractivity contribution >= 4 is 68.3 Å². The Bertz CT molecular complexity index is 1040.